The van der Waals surface area contributed by atoms with Crippen molar-refractivity contribution in [1.82, 2.24) is 30.1 Å². The lowest BCUT2D eigenvalue weighted by Crippen LogP contribution is -2.39. The molecule has 0 radical (unpaired) electrons. The highest BCUT2D eigenvalue weighted by Crippen LogP contribution is 2.23. The van der Waals surface area contributed by atoms with Crippen molar-refractivity contribution in [2.75, 3.05) is 33.4 Å². The fraction of sp³-hybridized carbons (Fsp3) is 0.444. The van der Waals surface area contributed by atoms with E-state index in [0.29, 0.717) is 38.7 Å². The molecular formula is C18H22N6O3. The molecule has 2 aromatic heterocycles. The van der Waals surface area contributed by atoms with Crippen LogP contribution in [0.25, 0.3) is 11.5 Å². The van der Waals surface area contributed by atoms with Crippen LogP contribution in [0.5, 0.6) is 0 Å². The molecule has 27 heavy (non-hydrogen) atoms. The van der Waals surface area contributed by atoms with Crippen LogP contribution >= 0.6 is 0 Å². The van der Waals surface area contributed by atoms with Crippen molar-refractivity contribution in [3.8, 4) is 11.5 Å². The molecule has 1 aliphatic heterocycles. The fourth-order valence-electron chi connectivity index (χ4n) is 3.10. The quantitative estimate of drug-likeness (QED) is 0.619. The Morgan fingerprint density at radius 2 is 2.15 bits per heavy atom. The topological polar surface area (TPSA) is 91.3 Å². The zero-order chi connectivity index (χ0) is 18.5. The van der Waals surface area contributed by atoms with E-state index in [1.807, 2.05) is 30.3 Å². The Morgan fingerprint density at radius 1 is 1.26 bits per heavy atom. The van der Waals surface area contributed by atoms with Crippen molar-refractivity contribution >= 4 is 0 Å². The summed E-state index contributed by atoms with van der Waals surface area (Å²) in [5.41, 5.74) is 1.87. The second-order valence-corrected chi connectivity index (χ2v) is 6.36. The van der Waals surface area contributed by atoms with Gasteiger partial charge in [0.05, 0.1) is 25.5 Å². The van der Waals surface area contributed by atoms with Gasteiger partial charge in [0.15, 0.2) is 5.82 Å². The molecule has 0 aliphatic carbocycles. The third-order valence-corrected chi connectivity index (χ3v) is 4.46. The third-order valence-electron chi connectivity index (χ3n) is 4.46. The summed E-state index contributed by atoms with van der Waals surface area (Å²) in [6, 6.07) is 9.89. The molecule has 142 valence electrons. The first-order chi connectivity index (χ1) is 13.3. The number of rotatable bonds is 7. The van der Waals surface area contributed by atoms with Gasteiger partial charge >= 0.3 is 0 Å². The molecule has 1 atom stereocenters. The molecule has 0 N–H and O–H groups in total. The van der Waals surface area contributed by atoms with Gasteiger partial charge < -0.3 is 13.9 Å². The van der Waals surface area contributed by atoms with Gasteiger partial charge in [-0.1, -0.05) is 18.2 Å². The molecule has 3 aromatic rings. The number of tetrazole rings is 1. The maximum Gasteiger partial charge on any atom is 0.226 e. The molecule has 1 aliphatic rings. The summed E-state index contributed by atoms with van der Waals surface area (Å²) in [5.74, 6) is 1.36. The summed E-state index contributed by atoms with van der Waals surface area (Å²) in [4.78, 5) is 6.88. The van der Waals surface area contributed by atoms with E-state index in [1.54, 1.807) is 18.1 Å². The van der Waals surface area contributed by atoms with Crippen LogP contribution in [-0.4, -0.2) is 63.5 Å². The van der Waals surface area contributed by atoms with Crippen molar-refractivity contribution in [2.24, 2.45) is 0 Å². The Bertz CT molecular complexity index is 850. The normalized spacial score (nSPS) is 18.0. The number of hydrogen-bond acceptors (Lipinski definition) is 8. The van der Waals surface area contributed by atoms with Crippen molar-refractivity contribution in [3.05, 3.63) is 48.1 Å². The highest BCUT2D eigenvalue weighted by molar-refractivity contribution is 5.52. The van der Waals surface area contributed by atoms with E-state index in [9.17, 15) is 0 Å². The Balaban J connectivity index is 1.41. The molecule has 0 amide bonds. The molecule has 0 saturated carbocycles. The lowest BCUT2D eigenvalue weighted by molar-refractivity contribution is -0.0400. The van der Waals surface area contributed by atoms with Crippen LogP contribution in [0.2, 0.25) is 0 Å². The molecule has 1 fully saturated rings. The summed E-state index contributed by atoms with van der Waals surface area (Å²) in [7, 11) is 1.66. The molecule has 1 aromatic carbocycles. The molecule has 9 nitrogen and oxygen atoms in total. The van der Waals surface area contributed by atoms with Gasteiger partial charge in [0, 0.05) is 32.3 Å². The van der Waals surface area contributed by atoms with Crippen LogP contribution in [0.1, 0.15) is 17.6 Å². The second kappa shape index (κ2) is 8.38. The first kappa shape index (κ1) is 17.8. The average molecular weight is 370 g/mol. The lowest BCUT2D eigenvalue weighted by Gasteiger charge is -2.31. The average Bonchev–Trinajstić information content (AvgIpc) is 3.37. The smallest absolute Gasteiger partial charge is 0.226 e. The number of methoxy groups -OCH3 is 1. The zero-order valence-corrected chi connectivity index (χ0v) is 15.2. The van der Waals surface area contributed by atoms with Gasteiger partial charge in [-0.05, 0) is 22.6 Å². The van der Waals surface area contributed by atoms with Crippen LogP contribution in [0.4, 0.5) is 0 Å². The Kier molecular flexibility index (Phi) is 5.52. The predicted octanol–water partition coefficient (Wildman–Crippen LogP) is 1.55. The van der Waals surface area contributed by atoms with E-state index < -0.39 is 0 Å². The predicted molar refractivity (Wildman–Crippen MR) is 95.6 cm³/mol. The van der Waals surface area contributed by atoms with Crippen molar-refractivity contribution in [3.63, 3.8) is 0 Å². The zero-order valence-electron chi connectivity index (χ0n) is 15.2. The van der Waals surface area contributed by atoms with Gasteiger partial charge in [0.25, 0.3) is 0 Å². The molecule has 4 rings (SSSR count). The molecule has 0 spiro atoms. The molecule has 3 heterocycles. The van der Waals surface area contributed by atoms with Crippen LogP contribution in [0.3, 0.4) is 0 Å². The van der Waals surface area contributed by atoms with Crippen molar-refractivity contribution in [1.29, 1.82) is 0 Å². The SMILES string of the molecule is COCCn1nnnc1C1CN(Cc2coc(-c3ccccc3)n2)CCO1. The van der Waals surface area contributed by atoms with Crippen LogP contribution in [0, 0.1) is 0 Å². The highest BCUT2D eigenvalue weighted by Gasteiger charge is 2.27. The van der Waals surface area contributed by atoms with E-state index in [4.69, 9.17) is 13.9 Å². The van der Waals surface area contributed by atoms with Gasteiger partial charge in [0.2, 0.25) is 5.89 Å². The van der Waals surface area contributed by atoms with Crippen LogP contribution in [0.15, 0.2) is 41.0 Å². The van der Waals surface area contributed by atoms with Crippen LogP contribution in [-0.2, 0) is 22.6 Å². The highest BCUT2D eigenvalue weighted by atomic mass is 16.5. The van der Waals surface area contributed by atoms with Gasteiger partial charge in [-0.25, -0.2) is 9.67 Å². The fourth-order valence-corrected chi connectivity index (χ4v) is 3.10. The molecular weight excluding hydrogens is 348 g/mol. The van der Waals surface area contributed by atoms with E-state index in [2.05, 4.69) is 25.4 Å². The van der Waals surface area contributed by atoms with E-state index in [-0.39, 0.29) is 6.10 Å². The Hall–Kier alpha value is -2.62. The molecule has 1 saturated heterocycles. The van der Waals surface area contributed by atoms with Crippen molar-refractivity contribution < 1.29 is 13.9 Å². The van der Waals surface area contributed by atoms with Gasteiger partial charge in [-0.2, -0.15) is 0 Å². The third kappa shape index (κ3) is 4.21. The number of morpholine rings is 1. The lowest BCUT2D eigenvalue weighted by atomic mass is 10.2. The van der Waals surface area contributed by atoms with E-state index >= 15 is 0 Å². The summed E-state index contributed by atoms with van der Waals surface area (Å²) >= 11 is 0. The largest absolute Gasteiger partial charge is 0.444 e. The standard InChI is InChI=1S/C18H22N6O3/c1-25-9-8-24-17(20-21-22-24)16-12-23(7-10-26-16)11-15-13-27-18(19-15)14-5-3-2-4-6-14/h2-6,13,16H,7-12H2,1H3. The van der Waals surface area contributed by atoms with Crippen molar-refractivity contribution in [2.45, 2.75) is 19.2 Å². The minimum absolute atomic E-state index is 0.175. The van der Waals surface area contributed by atoms with Gasteiger partial charge in [-0.15, -0.1) is 5.10 Å². The number of aromatic nitrogens is 5. The molecule has 1 unspecified atom stereocenters. The van der Waals surface area contributed by atoms with Gasteiger partial charge in [0.1, 0.15) is 12.4 Å². The summed E-state index contributed by atoms with van der Waals surface area (Å²) in [5, 5.41) is 11.9. The van der Waals surface area contributed by atoms with E-state index in [0.717, 1.165) is 23.6 Å². The van der Waals surface area contributed by atoms with E-state index in [1.165, 1.54) is 0 Å². The second-order valence-electron chi connectivity index (χ2n) is 6.36. The molecule has 9 heteroatoms. The number of benzene rings is 1. The summed E-state index contributed by atoms with van der Waals surface area (Å²) in [6.45, 7) is 3.98. The monoisotopic (exact) mass is 370 g/mol. The minimum Gasteiger partial charge on any atom is -0.444 e. The number of hydrogen-bond donors (Lipinski definition) is 0. The maximum absolute atomic E-state index is 5.90. The number of oxazole rings is 1. The molecule has 0 bridgehead atoms. The van der Waals surface area contributed by atoms with Gasteiger partial charge in [-0.3, -0.25) is 4.90 Å². The summed E-state index contributed by atoms with van der Waals surface area (Å²) < 4.78 is 18.4. The maximum atomic E-state index is 5.90. The van der Waals surface area contributed by atoms with Crippen LogP contribution < -0.4 is 0 Å². The first-order valence-electron chi connectivity index (χ1n) is 8.92. The minimum atomic E-state index is -0.175. The number of nitrogens with zero attached hydrogens (tertiary/aromatic N) is 6. The first-order valence-corrected chi connectivity index (χ1v) is 8.92. The number of ether oxygens (including phenoxy) is 2. The summed E-state index contributed by atoms with van der Waals surface area (Å²) in [6.07, 6.45) is 1.54. The Morgan fingerprint density at radius 3 is 3.00 bits per heavy atom. The Labute approximate surface area is 156 Å².